The molecule has 0 fully saturated rings. The van der Waals surface area contributed by atoms with Gasteiger partial charge in [0.25, 0.3) is 0 Å². The van der Waals surface area contributed by atoms with Gasteiger partial charge in [-0.05, 0) is 18.8 Å². The molecular weight excluding hydrogens is 240 g/mol. The van der Waals surface area contributed by atoms with Crippen molar-refractivity contribution in [3.05, 3.63) is 0 Å². The fraction of sp³-hybridized carbons (Fsp3) is 1.00. The molecule has 4 heteroatoms. The van der Waals surface area contributed by atoms with Crippen LogP contribution in [-0.4, -0.2) is 36.9 Å². The van der Waals surface area contributed by atoms with E-state index in [9.17, 15) is 0 Å². The van der Waals surface area contributed by atoms with Gasteiger partial charge in [0.05, 0.1) is 13.2 Å². The van der Waals surface area contributed by atoms with Crippen molar-refractivity contribution in [1.29, 1.82) is 0 Å². The van der Waals surface area contributed by atoms with Gasteiger partial charge in [0, 0.05) is 23.7 Å². The summed E-state index contributed by atoms with van der Waals surface area (Å²) in [4.78, 5) is 0. The summed E-state index contributed by atoms with van der Waals surface area (Å²) in [5, 5.41) is 0.657. The van der Waals surface area contributed by atoms with E-state index in [0.717, 1.165) is 39.3 Å². The van der Waals surface area contributed by atoms with Crippen molar-refractivity contribution in [2.75, 3.05) is 26.4 Å². The molecule has 2 nitrogen and oxygen atoms in total. The lowest BCUT2D eigenvalue weighted by atomic mass is 10.1. The first-order valence-corrected chi connectivity index (χ1v) is 7.07. The molecular formula is C12H26O2S2. The van der Waals surface area contributed by atoms with Gasteiger partial charge in [0.15, 0.2) is 0 Å². The van der Waals surface area contributed by atoms with Crippen LogP contribution in [0.15, 0.2) is 0 Å². The molecule has 0 radical (unpaired) electrons. The third-order valence-corrected chi connectivity index (χ3v) is 2.40. The molecule has 98 valence electrons. The van der Waals surface area contributed by atoms with Crippen LogP contribution in [0.3, 0.4) is 0 Å². The standard InChI is InChI=1S/C12H26O2S2/c1-10(7-14-9-12(3)16)5-4-6-13-8-11(2)15/h10-12,15-16H,4-9H2,1-3H3. The highest BCUT2D eigenvalue weighted by Gasteiger charge is 2.03. The first-order chi connectivity index (χ1) is 7.52. The summed E-state index contributed by atoms with van der Waals surface area (Å²) >= 11 is 8.52. The van der Waals surface area contributed by atoms with Crippen molar-refractivity contribution in [1.82, 2.24) is 0 Å². The van der Waals surface area contributed by atoms with Crippen molar-refractivity contribution < 1.29 is 9.47 Å². The SMILES string of the molecule is CC(S)COCCCC(C)COCC(C)S. The Kier molecular flexibility index (Phi) is 11.2. The fourth-order valence-corrected chi connectivity index (χ4v) is 1.52. The van der Waals surface area contributed by atoms with E-state index in [1.54, 1.807) is 0 Å². The minimum absolute atomic E-state index is 0.326. The van der Waals surface area contributed by atoms with Gasteiger partial charge in [0.2, 0.25) is 0 Å². The molecule has 0 aromatic heterocycles. The lowest BCUT2D eigenvalue weighted by Crippen LogP contribution is -2.12. The largest absolute Gasteiger partial charge is 0.380 e. The molecule has 0 bridgehead atoms. The van der Waals surface area contributed by atoms with Gasteiger partial charge in [-0.2, -0.15) is 25.3 Å². The van der Waals surface area contributed by atoms with Crippen LogP contribution in [0, 0.1) is 5.92 Å². The molecule has 0 spiro atoms. The summed E-state index contributed by atoms with van der Waals surface area (Å²) < 4.78 is 11.0. The smallest absolute Gasteiger partial charge is 0.0579 e. The Labute approximate surface area is 111 Å². The van der Waals surface area contributed by atoms with Crippen molar-refractivity contribution in [3.63, 3.8) is 0 Å². The normalized spacial score (nSPS) is 17.1. The zero-order valence-electron chi connectivity index (χ0n) is 10.7. The van der Waals surface area contributed by atoms with Crippen LogP contribution in [-0.2, 0) is 9.47 Å². The molecule has 0 aromatic carbocycles. The summed E-state index contributed by atoms with van der Waals surface area (Å²) in [6, 6.07) is 0. The summed E-state index contributed by atoms with van der Waals surface area (Å²) in [6.45, 7) is 9.43. The molecule has 0 aliphatic heterocycles. The molecule has 3 unspecified atom stereocenters. The number of hydrogen-bond donors (Lipinski definition) is 2. The number of thiol groups is 2. The first-order valence-electron chi connectivity index (χ1n) is 6.04. The second-order valence-electron chi connectivity index (χ2n) is 4.56. The van der Waals surface area contributed by atoms with Gasteiger partial charge in [0.1, 0.15) is 0 Å². The molecule has 0 N–H and O–H groups in total. The van der Waals surface area contributed by atoms with Gasteiger partial charge in [-0.1, -0.05) is 20.8 Å². The average molecular weight is 266 g/mol. The quantitative estimate of drug-likeness (QED) is 0.468. The lowest BCUT2D eigenvalue weighted by Gasteiger charge is -2.13. The van der Waals surface area contributed by atoms with E-state index in [4.69, 9.17) is 9.47 Å². The van der Waals surface area contributed by atoms with E-state index in [0.29, 0.717) is 16.4 Å². The van der Waals surface area contributed by atoms with Crippen LogP contribution >= 0.6 is 25.3 Å². The molecule has 0 heterocycles. The third-order valence-electron chi connectivity index (χ3n) is 2.11. The van der Waals surface area contributed by atoms with E-state index in [1.165, 1.54) is 0 Å². The number of hydrogen-bond acceptors (Lipinski definition) is 4. The summed E-state index contributed by atoms with van der Waals surface area (Å²) in [7, 11) is 0. The Morgan fingerprint density at radius 2 is 1.44 bits per heavy atom. The predicted molar refractivity (Wildman–Crippen MR) is 76.9 cm³/mol. The maximum absolute atomic E-state index is 5.52. The highest BCUT2D eigenvalue weighted by Crippen LogP contribution is 2.07. The molecule has 3 atom stereocenters. The van der Waals surface area contributed by atoms with Gasteiger partial charge in [-0.25, -0.2) is 0 Å². The van der Waals surface area contributed by atoms with Gasteiger partial charge in [-0.3, -0.25) is 0 Å². The minimum atomic E-state index is 0.326. The Balaban J connectivity index is 3.20. The molecule has 0 saturated heterocycles. The highest BCUT2D eigenvalue weighted by molar-refractivity contribution is 7.81. The fourth-order valence-electron chi connectivity index (χ4n) is 1.31. The molecule has 16 heavy (non-hydrogen) atoms. The minimum Gasteiger partial charge on any atom is -0.380 e. The van der Waals surface area contributed by atoms with Crippen molar-refractivity contribution >= 4 is 25.3 Å². The Hall–Kier alpha value is 0.620. The maximum atomic E-state index is 5.52. The molecule has 0 amide bonds. The lowest BCUT2D eigenvalue weighted by molar-refractivity contribution is 0.0937. The maximum Gasteiger partial charge on any atom is 0.0579 e. The number of rotatable bonds is 10. The first kappa shape index (κ1) is 16.6. The van der Waals surface area contributed by atoms with Crippen molar-refractivity contribution in [2.45, 2.75) is 44.1 Å². The molecule has 0 aliphatic carbocycles. The Bertz CT molecular complexity index is 152. The van der Waals surface area contributed by atoms with Crippen LogP contribution < -0.4 is 0 Å². The summed E-state index contributed by atoms with van der Waals surface area (Å²) in [5.41, 5.74) is 0. The molecule has 0 rings (SSSR count). The molecule has 0 saturated carbocycles. The third kappa shape index (κ3) is 12.7. The van der Waals surface area contributed by atoms with Gasteiger partial charge < -0.3 is 9.47 Å². The number of ether oxygens (including phenoxy) is 2. The van der Waals surface area contributed by atoms with Crippen LogP contribution in [0.2, 0.25) is 0 Å². The summed E-state index contributed by atoms with van der Waals surface area (Å²) in [5.74, 6) is 0.601. The Morgan fingerprint density at radius 3 is 2.00 bits per heavy atom. The predicted octanol–water partition coefficient (Wildman–Crippen LogP) is 3.07. The van der Waals surface area contributed by atoms with E-state index < -0.39 is 0 Å². The van der Waals surface area contributed by atoms with Gasteiger partial charge in [-0.15, -0.1) is 0 Å². The van der Waals surface area contributed by atoms with E-state index in [1.807, 2.05) is 13.8 Å². The zero-order chi connectivity index (χ0) is 12.4. The second-order valence-corrected chi connectivity index (χ2v) is 6.32. The van der Waals surface area contributed by atoms with Crippen molar-refractivity contribution in [2.24, 2.45) is 5.92 Å². The average Bonchev–Trinajstić information content (AvgIpc) is 2.16. The topological polar surface area (TPSA) is 18.5 Å². The van der Waals surface area contributed by atoms with E-state index in [2.05, 4.69) is 32.2 Å². The highest BCUT2D eigenvalue weighted by atomic mass is 32.1. The van der Waals surface area contributed by atoms with E-state index >= 15 is 0 Å². The zero-order valence-corrected chi connectivity index (χ0v) is 12.5. The van der Waals surface area contributed by atoms with Gasteiger partial charge >= 0.3 is 0 Å². The molecule has 0 aliphatic rings. The van der Waals surface area contributed by atoms with Crippen molar-refractivity contribution in [3.8, 4) is 0 Å². The Morgan fingerprint density at radius 1 is 0.875 bits per heavy atom. The van der Waals surface area contributed by atoms with Crippen LogP contribution in [0.4, 0.5) is 0 Å². The second kappa shape index (κ2) is 10.8. The monoisotopic (exact) mass is 266 g/mol. The van der Waals surface area contributed by atoms with Crippen LogP contribution in [0.25, 0.3) is 0 Å². The van der Waals surface area contributed by atoms with Crippen LogP contribution in [0.5, 0.6) is 0 Å². The van der Waals surface area contributed by atoms with Crippen LogP contribution in [0.1, 0.15) is 33.6 Å². The summed E-state index contributed by atoms with van der Waals surface area (Å²) in [6.07, 6.45) is 2.25. The van der Waals surface area contributed by atoms with E-state index in [-0.39, 0.29) is 0 Å². The molecule has 0 aromatic rings.